The van der Waals surface area contributed by atoms with Gasteiger partial charge in [0.2, 0.25) is 0 Å². The quantitative estimate of drug-likeness (QED) is 0.840. The first kappa shape index (κ1) is 11.6. The molecular formula is C12H10ClFN2O2. The van der Waals surface area contributed by atoms with E-state index in [4.69, 9.17) is 20.9 Å². The summed E-state index contributed by atoms with van der Waals surface area (Å²) in [5.74, 6) is 0.404. The minimum absolute atomic E-state index is 0.129. The average molecular weight is 269 g/mol. The van der Waals surface area contributed by atoms with Crippen LogP contribution >= 0.6 is 11.6 Å². The van der Waals surface area contributed by atoms with E-state index < -0.39 is 5.82 Å². The Labute approximate surface area is 108 Å². The van der Waals surface area contributed by atoms with E-state index >= 15 is 0 Å². The van der Waals surface area contributed by atoms with Gasteiger partial charge in [0.25, 0.3) is 5.89 Å². The largest absolute Gasteiger partial charge is 0.381 e. The van der Waals surface area contributed by atoms with Gasteiger partial charge < -0.3 is 9.26 Å². The summed E-state index contributed by atoms with van der Waals surface area (Å²) in [5, 5.41) is 4.30. The average Bonchev–Trinajstić information content (AvgIpc) is 3.00. The Bertz CT molecular complexity index is 567. The van der Waals surface area contributed by atoms with Gasteiger partial charge in [-0.25, -0.2) is 4.39 Å². The fourth-order valence-electron chi connectivity index (χ4n) is 1.91. The van der Waals surface area contributed by atoms with E-state index in [0.29, 0.717) is 24.1 Å². The molecule has 1 unspecified atom stereocenters. The van der Waals surface area contributed by atoms with Crippen molar-refractivity contribution in [2.45, 2.75) is 12.3 Å². The van der Waals surface area contributed by atoms with Crippen LogP contribution in [0.5, 0.6) is 0 Å². The molecule has 1 aliphatic heterocycles. The number of benzene rings is 1. The zero-order chi connectivity index (χ0) is 12.5. The van der Waals surface area contributed by atoms with Gasteiger partial charge in [-0.2, -0.15) is 4.98 Å². The van der Waals surface area contributed by atoms with E-state index in [-0.39, 0.29) is 17.4 Å². The summed E-state index contributed by atoms with van der Waals surface area (Å²) >= 11 is 5.82. The predicted molar refractivity (Wildman–Crippen MR) is 62.9 cm³/mol. The molecule has 1 atom stereocenters. The monoisotopic (exact) mass is 268 g/mol. The molecule has 2 aromatic rings. The maximum Gasteiger partial charge on any atom is 0.260 e. The lowest BCUT2D eigenvalue weighted by Crippen LogP contribution is -1.99. The highest BCUT2D eigenvalue weighted by Crippen LogP contribution is 2.28. The van der Waals surface area contributed by atoms with Crippen molar-refractivity contribution in [3.63, 3.8) is 0 Å². The molecule has 0 aliphatic carbocycles. The number of halogens is 2. The first-order valence-electron chi connectivity index (χ1n) is 5.61. The molecule has 3 rings (SSSR count). The number of nitrogens with zero attached hydrogens (tertiary/aromatic N) is 2. The lowest BCUT2D eigenvalue weighted by atomic mass is 10.1. The summed E-state index contributed by atoms with van der Waals surface area (Å²) < 4.78 is 24.0. The van der Waals surface area contributed by atoms with Crippen LogP contribution in [0.4, 0.5) is 4.39 Å². The number of rotatable bonds is 2. The van der Waals surface area contributed by atoms with Crippen LogP contribution in [0.3, 0.4) is 0 Å². The Kier molecular flexibility index (Phi) is 3.01. The highest BCUT2D eigenvalue weighted by molar-refractivity contribution is 6.30. The third-order valence-electron chi connectivity index (χ3n) is 2.90. The second-order valence-corrected chi connectivity index (χ2v) is 4.58. The van der Waals surface area contributed by atoms with E-state index in [9.17, 15) is 4.39 Å². The van der Waals surface area contributed by atoms with Gasteiger partial charge in [0, 0.05) is 17.5 Å². The van der Waals surface area contributed by atoms with Gasteiger partial charge >= 0.3 is 0 Å². The molecule has 0 N–H and O–H groups in total. The third kappa shape index (κ3) is 2.11. The van der Waals surface area contributed by atoms with Crippen LogP contribution < -0.4 is 0 Å². The highest BCUT2D eigenvalue weighted by atomic mass is 35.5. The van der Waals surface area contributed by atoms with Gasteiger partial charge in [-0.05, 0) is 24.6 Å². The van der Waals surface area contributed by atoms with Gasteiger partial charge in [-0.3, -0.25) is 0 Å². The molecule has 0 saturated carbocycles. The zero-order valence-corrected chi connectivity index (χ0v) is 10.2. The molecule has 0 amide bonds. The second kappa shape index (κ2) is 4.66. The van der Waals surface area contributed by atoms with Crippen LogP contribution in [0.2, 0.25) is 5.02 Å². The number of hydrogen-bond donors (Lipinski definition) is 0. The Balaban J connectivity index is 1.94. The Morgan fingerprint density at radius 1 is 1.39 bits per heavy atom. The van der Waals surface area contributed by atoms with Crippen molar-refractivity contribution in [3.8, 4) is 11.5 Å². The zero-order valence-electron chi connectivity index (χ0n) is 9.40. The Morgan fingerprint density at radius 3 is 3.06 bits per heavy atom. The smallest absolute Gasteiger partial charge is 0.260 e. The summed E-state index contributed by atoms with van der Waals surface area (Å²) in [6.45, 7) is 1.27. The van der Waals surface area contributed by atoms with Crippen LogP contribution in [0.1, 0.15) is 18.2 Å². The molecule has 1 saturated heterocycles. The van der Waals surface area contributed by atoms with Gasteiger partial charge in [-0.15, -0.1) is 0 Å². The number of ether oxygens (including phenoxy) is 1. The van der Waals surface area contributed by atoms with Crippen LogP contribution in [-0.4, -0.2) is 23.4 Å². The van der Waals surface area contributed by atoms with E-state index in [0.717, 1.165) is 6.42 Å². The van der Waals surface area contributed by atoms with Crippen molar-refractivity contribution in [1.29, 1.82) is 0 Å². The topological polar surface area (TPSA) is 48.2 Å². The first-order chi connectivity index (χ1) is 8.74. The van der Waals surface area contributed by atoms with Crippen LogP contribution in [0.15, 0.2) is 22.7 Å². The first-order valence-corrected chi connectivity index (χ1v) is 5.98. The molecule has 4 nitrogen and oxygen atoms in total. The molecule has 2 heterocycles. The maximum atomic E-state index is 13.6. The minimum Gasteiger partial charge on any atom is -0.381 e. The summed E-state index contributed by atoms with van der Waals surface area (Å²) in [6, 6.07) is 4.22. The summed E-state index contributed by atoms with van der Waals surface area (Å²) in [6.07, 6.45) is 0.858. The molecule has 1 aromatic carbocycles. The normalized spacial score (nSPS) is 19.3. The fourth-order valence-corrected chi connectivity index (χ4v) is 2.08. The fraction of sp³-hybridized carbons (Fsp3) is 0.333. The van der Waals surface area contributed by atoms with Gasteiger partial charge in [0.15, 0.2) is 5.82 Å². The summed E-state index contributed by atoms with van der Waals surface area (Å²) in [7, 11) is 0. The van der Waals surface area contributed by atoms with Gasteiger partial charge in [-0.1, -0.05) is 16.8 Å². The van der Waals surface area contributed by atoms with Crippen LogP contribution in [-0.2, 0) is 4.74 Å². The third-order valence-corrected chi connectivity index (χ3v) is 3.13. The second-order valence-electron chi connectivity index (χ2n) is 4.14. The molecule has 18 heavy (non-hydrogen) atoms. The van der Waals surface area contributed by atoms with Crippen molar-refractivity contribution in [2.24, 2.45) is 0 Å². The molecular weight excluding hydrogens is 259 g/mol. The SMILES string of the molecule is Fc1ccc(Cl)cc1-c1nc(C2CCOC2)no1. The molecule has 1 aliphatic rings. The summed E-state index contributed by atoms with van der Waals surface area (Å²) in [4.78, 5) is 4.21. The molecule has 1 aromatic heterocycles. The van der Waals surface area contributed by atoms with Crippen molar-refractivity contribution in [1.82, 2.24) is 10.1 Å². The van der Waals surface area contributed by atoms with E-state index in [1.807, 2.05) is 0 Å². The molecule has 94 valence electrons. The molecule has 0 radical (unpaired) electrons. The van der Waals surface area contributed by atoms with Crippen LogP contribution in [0, 0.1) is 5.82 Å². The lowest BCUT2D eigenvalue weighted by molar-refractivity contribution is 0.192. The van der Waals surface area contributed by atoms with Crippen molar-refractivity contribution < 1.29 is 13.7 Å². The van der Waals surface area contributed by atoms with Crippen molar-refractivity contribution in [2.75, 3.05) is 13.2 Å². The van der Waals surface area contributed by atoms with Gasteiger partial charge in [0.05, 0.1) is 12.2 Å². The van der Waals surface area contributed by atoms with E-state index in [1.165, 1.54) is 18.2 Å². The van der Waals surface area contributed by atoms with E-state index in [1.54, 1.807) is 0 Å². The lowest BCUT2D eigenvalue weighted by Gasteiger charge is -1.99. The Morgan fingerprint density at radius 2 is 2.28 bits per heavy atom. The maximum absolute atomic E-state index is 13.6. The molecule has 6 heteroatoms. The highest BCUT2D eigenvalue weighted by Gasteiger charge is 2.24. The molecule has 0 bridgehead atoms. The Hall–Kier alpha value is -1.46. The standard InChI is InChI=1S/C12H10ClFN2O2/c13-8-1-2-10(14)9(5-8)12-15-11(16-18-12)7-3-4-17-6-7/h1-2,5,7H,3-4,6H2. The molecule has 0 spiro atoms. The number of hydrogen-bond acceptors (Lipinski definition) is 4. The number of aromatic nitrogens is 2. The van der Waals surface area contributed by atoms with E-state index in [2.05, 4.69) is 10.1 Å². The molecule has 1 fully saturated rings. The summed E-state index contributed by atoms with van der Waals surface area (Å²) in [5.41, 5.74) is 0.222. The van der Waals surface area contributed by atoms with Gasteiger partial charge in [0.1, 0.15) is 5.82 Å². The van der Waals surface area contributed by atoms with Crippen molar-refractivity contribution in [3.05, 3.63) is 34.9 Å². The predicted octanol–water partition coefficient (Wildman–Crippen LogP) is 3.03. The van der Waals surface area contributed by atoms with Crippen molar-refractivity contribution >= 4 is 11.6 Å². The minimum atomic E-state index is -0.433. The van der Waals surface area contributed by atoms with Crippen LogP contribution in [0.25, 0.3) is 11.5 Å².